The normalized spacial score (nSPS) is 16.2. The Morgan fingerprint density at radius 2 is 1.11 bits per heavy atom. The molecule has 2 aliphatic heterocycles. The minimum atomic E-state index is -0.399. The topological polar surface area (TPSA) is 53.5 Å². The predicted octanol–water partition coefficient (Wildman–Crippen LogP) is 6.09. The van der Waals surface area contributed by atoms with Gasteiger partial charge >= 0.3 is 38.2 Å². The molecule has 5 nitrogen and oxygen atoms in total. The molecule has 20 heteroatoms. The molecule has 2 aliphatic rings. The van der Waals surface area contributed by atoms with Crippen molar-refractivity contribution >= 4 is 328 Å². The van der Waals surface area contributed by atoms with Gasteiger partial charge in [-0.15, -0.1) is 11.3 Å². The van der Waals surface area contributed by atoms with Gasteiger partial charge in [-0.25, -0.2) is 6.23 Å². The first-order chi connectivity index (χ1) is 20.6. The minimum Gasteiger partial charge on any atom is -0.268 e. The molecule has 4 aromatic rings. The Bertz CT molecular complexity index is 2080. The Hall–Kier alpha value is 6.45. The summed E-state index contributed by atoms with van der Waals surface area (Å²) in [5, 5.41) is 1.29. The third-order valence-corrected chi connectivity index (χ3v) is 36.3. The third-order valence-electron chi connectivity index (χ3n) is 6.45. The number of carbonyl (C=O) groups is 2. The summed E-state index contributed by atoms with van der Waals surface area (Å²) in [6, 6.07) is 0. The monoisotopic (exact) mass is 2170 g/mol. The first kappa shape index (κ1) is 40.1. The van der Waals surface area contributed by atoms with Crippen molar-refractivity contribution in [2.45, 2.75) is 6.92 Å². The average Bonchev–Trinajstić information content (AvgIpc) is 3.52. The van der Waals surface area contributed by atoms with E-state index in [2.05, 4.69) is 279 Å². The molecule has 2 aromatic carbocycles. The van der Waals surface area contributed by atoms with Gasteiger partial charge in [0.15, 0.2) is 0 Å². The van der Waals surface area contributed by atoms with Crippen LogP contribution in [-0.2, 0) is 9.59 Å². The van der Waals surface area contributed by atoms with Crippen LogP contribution < -0.4 is 40.7 Å². The van der Waals surface area contributed by atoms with Crippen LogP contribution in [0, 0.1) is 48.5 Å². The van der Waals surface area contributed by atoms with E-state index in [4.69, 9.17) is 4.98 Å². The van der Waals surface area contributed by atoms with Crippen LogP contribution in [0.1, 0.15) is 16.7 Å². The highest BCUT2D eigenvalue weighted by Crippen LogP contribution is 2.54. The number of hydrogen-bond acceptors (Lipinski definition) is 4. The number of hydrogen-bond donors (Lipinski definition) is 0. The van der Waals surface area contributed by atoms with Crippen LogP contribution in [0.5, 0.6) is 0 Å². The minimum absolute atomic E-state index is 0.128. The van der Waals surface area contributed by atoms with E-state index in [-0.39, 0.29) is 29.0 Å². The molecule has 6 rings (SSSR count). The van der Waals surface area contributed by atoms with Gasteiger partial charge in [-0.1, -0.05) is 0 Å². The first-order valence-electron chi connectivity index (χ1n) is 11.2. The quantitative estimate of drug-likeness (QED) is 0.0625. The molecule has 0 N–H and O–H groups in total. The van der Waals surface area contributed by atoms with E-state index >= 15 is 0 Å². The maximum Gasteiger partial charge on any atom is 0.646 e. The number of rotatable bonds is 3. The molecule has 0 fully saturated rings. The van der Waals surface area contributed by atoms with Gasteiger partial charge in [-0.2, -0.15) is 4.98 Å². The van der Waals surface area contributed by atoms with E-state index < -0.39 is 17.2 Å². The second-order valence-electron chi connectivity index (χ2n) is 8.74. The number of amides is 2. The number of fused-ring (bicyclic) bond motifs is 3. The Balaban J connectivity index is 1.56. The summed E-state index contributed by atoms with van der Waals surface area (Å²) in [5.74, 6) is -0.261. The molecule has 44 heavy (non-hydrogen) atoms. The Morgan fingerprint density at radius 1 is 0.614 bits per heavy atom. The fourth-order valence-electron chi connectivity index (χ4n) is 4.46. The van der Waals surface area contributed by atoms with Crippen LogP contribution >= 0.6 is 283 Å². The lowest BCUT2D eigenvalue weighted by Gasteiger charge is -2.13. The van der Waals surface area contributed by atoms with Gasteiger partial charge < -0.3 is 0 Å². The largest absolute Gasteiger partial charge is 0.646 e. The van der Waals surface area contributed by atoms with Crippen molar-refractivity contribution < 1.29 is 44.0 Å². The lowest BCUT2D eigenvalue weighted by atomic mass is 9.96. The van der Waals surface area contributed by atoms with E-state index in [1.54, 1.807) is 6.23 Å². The smallest absolute Gasteiger partial charge is 0.268 e. The highest BCUT2D eigenvalue weighted by Gasteiger charge is 2.50. The zero-order chi connectivity index (χ0) is 32.3. The predicted molar refractivity (Wildman–Crippen MR) is 272 cm³/mol. The van der Waals surface area contributed by atoms with Crippen LogP contribution in [0.2, 0.25) is 0 Å². The Labute approximate surface area is 437 Å². The second kappa shape index (κ2) is 15.9. The van der Waals surface area contributed by atoms with E-state index in [0.29, 0.717) is 11.1 Å². The van der Waals surface area contributed by atoms with E-state index in [1.807, 2.05) is 11.3 Å². The SMILES string of the molecule is Cc1c([I+][I+]c2c(I)c(I)c3c(c2I)/C(=C2\C(=O)N(I)c4c(I)c(I)c(I)c(I)c42)C(=O)N3I)nc2c(I)sc(I)c2c1I. The van der Waals surface area contributed by atoms with Gasteiger partial charge in [0, 0.05) is 36.4 Å². The zero-order valence-corrected chi connectivity index (χ0v) is 51.4. The molecule has 0 atom stereocenters. The molecular weight excluding hydrogens is 2170 g/mol. The Morgan fingerprint density at radius 3 is 1.68 bits per heavy atom. The van der Waals surface area contributed by atoms with Crippen LogP contribution in [0.4, 0.5) is 11.4 Å². The number of halogens is 14. The fraction of sp³-hybridized carbons (Fsp3) is 0.0417. The molecule has 0 spiro atoms. The van der Waals surface area contributed by atoms with Gasteiger partial charge in [-0.05, 0) is 233 Å². The summed E-state index contributed by atoms with van der Waals surface area (Å²) in [7, 11) is 0. The van der Waals surface area contributed by atoms with Crippen molar-refractivity contribution in [1.29, 1.82) is 0 Å². The molecule has 4 heterocycles. The van der Waals surface area contributed by atoms with Crippen LogP contribution in [-0.4, -0.2) is 16.8 Å². The molecule has 0 bridgehead atoms. The summed E-state index contributed by atoms with van der Waals surface area (Å²) in [5.41, 5.74) is 7.05. The van der Waals surface area contributed by atoms with Gasteiger partial charge in [0.2, 0.25) is 0 Å². The van der Waals surface area contributed by atoms with Gasteiger partial charge in [0.1, 0.15) is 5.52 Å². The maximum atomic E-state index is 14.2. The van der Waals surface area contributed by atoms with Crippen LogP contribution in [0.15, 0.2) is 0 Å². The summed E-state index contributed by atoms with van der Waals surface area (Å²) in [6.07, 6.45) is 0. The summed E-state index contributed by atoms with van der Waals surface area (Å²) >= 11 is 29.4. The number of carbonyl (C=O) groups excluding carboxylic acids is 2. The second-order valence-corrected chi connectivity index (χ2v) is 32.3. The van der Waals surface area contributed by atoms with Crippen molar-refractivity contribution in [3.63, 3.8) is 0 Å². The summed E-state index contributed by atoms with van der Waals surface area (Å²) in [6.45, 7) is 2.22. The van der Waals surface area contributed by atoms with Crippen molar-refractivity contribution in [1.82, 2.24) is 4.98 Å². The molecule has 2 amide bonds. The zero-order valence-electron chi connectivity index (χ0n) is 20.4. The van der Waals surface area contributed by atoms with E-state index in [1.165, 1.54) is 31.1 Å². The average molecular weight is 2170 g/mol. The lowest BCUT2D eigenvalue weighted by molar-refractivity contribution is -1.25. The summed E-state index contributed by atoms with van der Waals surface area (Å²) < 4.78 is 17.6. The number of pyridine rings is 1. The van der Waals surface area contributed by atoms with E-state index in [0.717, 1.165) is 49.4 Å². The number of benzene rings is 2. The molecular formula is C24H3I14N3O2S+2. The molecule has 0 unspecified atom stereocenters. The fourth-order valence-corrected chi connectivity index (χ4v) is 36.7. The van der Waals surface area contributed by atoms with Crippen molar-refractivity contribution in [2.24, 2.45) is 0 Å². The van der Waals surface area contributed by atoms with Crippen molar-refractivity contribution in [3.05, 3.63) is 58.3 Å². The van der Waals surface area contributed by atoms with Crippen LogP contribution in [0.25, 0.3) is 22.0 Å². The molecule has 0 saturated carbocycles. The standard InChI is InChI=1S/C24H3I14N3O2S/c1-2-8(25)7-17(21(34)44-20(7)33)39-22(2)38-37-16-10(27)6-4(24(43)41(36)19(6)15(32)13(16)30)3-5-9(26)11(28)12(29)14(31)18(5)40(35)23(3)42/h1H3/q+2/b4-3+. The third kappa shape index (κ3) is 6.72. The number of nitrogens with zero attached hydrogens (tertiary/aromatic N) is 3. The molecule has 0 radical (unpaired) electrons. The number of thiophene rings is 1. The number of aromatic nitrogens is 1. The number of anilines is 2. The molecule has 2 aromatic heterocycles. The molecule has 228 valence electrons. The first-order valence-corrected chi connectivity index (χ1v) is 33.1. The van der Waals surface area contributed by atoms with Gasteiger partial charge in [0.05, 0.1) is 88.3 Å². The van der Waals surface area contributed by atoms with Gasteiger partial charge in [0.25, 0.3) is 15.4 Å². The maximum absolute atomic E-state index is 14.2. The highest BCUT2D eigenvalue weighted by atomic mass is 128. The molecule has 0 saturated heterocycles. The van der Waals surface area contributed by atoms with Crippen molar-refractivity contribution in [2.75, 3.05) is 6.23 Å². The highest BCUT2D eigenvalue weighted by molar-refractivity contribution is 14.1. The van der Waals surface area contributed by atoms with Crippen molar-refractivity contribution in [3.8, 4) is 0 Å². The van der Waals surface area contributed by atoms with Gasteiger partial charge in [-0.3, -0.25) is 9.59 Å². The van der Waals surface area contributed by atoms with Crippen LogP contribution in [0.3, 0.4) is 0 Å². The van der Waals surface area contributed by atoms with E-state index in [9.17, 15) is 9.59 Å². The lowest BCUT2D eigenvalue weighted by Crippen LogP contribution is -4.25. The summed E-state index contributed by atoms with van der Waals surface area (Å²) in [4.78, 5) is 33.5. The Kier molecular flexibility index (Phi) is 14.5. The molecule has 0 aliphatic carbocycles.